The summed E-state index contributed by atoms with van der Waals surface area (Å²) in [5, 5.41) is 0. The van der Waals surface area contributed by atoms with Crippen molar-refractivity contribution < 1.29 is 12.9 Å². The molecule has 41 heavy (non-hydrogen) atoms. The van der Waals surface area contributed by atoms with Crippen LogP contribution < -0.4 is 22.5 Å². The Morgan fingerprint density at radius 3 is 1.51 bits per heavy atom. The van der Waals surface area contributed by atoms with E-state index in [4.69, 9.17) is 4.11 Å². The smallest absolute Gasteiger partial charge is 0.328 e. The maximum Gasteiger partial charge on any atom is 0.332 e. The zero-order chi connectivity index (χ0) is 32.2. The molecule has 0 aliphatic carbocycles. The van der Waals surface area contributed by atoms with Gasteiger partial charge in [0.1, 0.15) is 0 Å². The van der Waals surface area contributed by atoms with Gasteiger partial charge in [-0.15, -0.1) is 0 Å². The number of halogens is 2. The highest BCUT2D eigenvalue weighted by atomic mass is 19.1. The molecule has 0 spiro atoms. The van der Waals surface area contributed by atoms with E-state index in [1.54, 1.807) is 18.7 Å². The van der Waals surface area contributed by atoms with Gasteiger partial charge in [0.15, 0.2) is 22.3 Å². The lowest BCUT2D eigenvalue weighted by Crippen LogP contribution is -2.39. The summed E-state index contributed by atoms with van der Waals surface area (Å²) in [5.41, 5.74) is -1.28. The normalized spacial score (nSPS) is 14.1. The van der Waals surface area contributed by atoms with Gasteiger partial charge in [0.25, 0.3) is 11.1 Å². The number of rotatable bonds is 10. The monoisotopic (exact) mass is 583 g/mol. The van der Waals surface area contributed by atoms with Crippen LogP contribution in [-0.2, 0) is 41.2 Å². The summed E-state index contributed by atoms with van der Waals surface area (Å²) in [6.45, 7) is 0.811. The van der Waals surface area contributed by atoms with Crippen molar-refractivity contribution in [3.05, 3.63) is 54.3 Å². The topological polar surface area (TPSA) is 124 Å². The van der Waals surface area contributed by atoms with Crippen molar-refractivity contribution in [2.75, 3.05) is 0 Å². The molecule has 0 N–H and O–H groups in total. The van der Waals surface area contributed by atoms with Crippen LogP contribution in [0.4, 0.5) is 8.78 Å². The van der Waals surface area contributed by atoms with Crippen LogP contribution in [0.5, 0.6) is 0 Å². The maximum atomic E-state index is 12.8. The number of imidazole rings is 2. The van der Waals surface area contributed by atoms with E-state index < -0.39 is 30.6 Å². The molecule has 2 atom stereocenters. The second-order valence-electron chi connectivity index (χ2n) is 9.96. The van der Waals surface area contributed by atoms with Gasteiger partial charge in [-0.1, -0.05) is 7.43 Å². The first-order valence-corrected chi connectivity index (χ1v) is 13.1. The summed E-state index contributed by atoms with van der Waals surface area (Å²) in [6, 6.07) is 0. The van der Waals surface area contributed by atoms with E-state index in [0.29, 0.717) is 56.2 Å². The lowest BCUT2D eigenvalue weighted by molar-refractivity contribution is 0.327. The highest BCUT2D eigenvalue weighted by molar-refractivity contribution is 5.70. The van der Waals surface area contributed by atoms with Crippen molar-refractivity contribution in [3.63, 3.8) is 0 Å². The highest BCUT2D eigenvalue weighted by Crippen LogP contribution is 2.07. The molecule has 0 saturated heterocycles. The Morgan fingerprint density at radius 2 is 1.12 bits per heavy atom. The molecule has 12 nitrogen and oxygen atoms in total. The summed E-state index contributed by atoms with van der Waals surface area (Å²) < 4.78 is 55.0. The summed E-state index contributed by atoms with van der Waals surface area (Å²) in [6.07, 6.45) is 3.80. The third-order valence-electron chi connectivity index (χ3n) is 6.70. The maximum absolute atomic E-state index is 12.8. The minimum Gasteiger partial charge on any atom is -0.328 e. The molecule has 0 radical (unpaired) electrons. The number of hydrogen-bond acceptors (Lipinski definition) is 6. The van der Waals surface area contributed by atoms with Gasteiger partial charge in [0.2, 0.25) is 0 Å². The highest BCUT2D eigenvalue weighted by Gasteiger charge is 2.15. The molecule has 0 aliphatic rings. The summed E-state index contributed by atoms with van der Waals surface area (Å²) >= 11 is 0. The second kappa shape index (κ2) is 14.2. The third-order valence-corrected chi connectivity index (χ3v) is 6.70. The van der Waals surface area contributed by atoms with Crippen molar-refractivity contribution in [1.29, 1.82) is 0 Å². The zero-order valence-electron chi connectivity index (χ0n) is 26.4. The van der Waals surface area contributed by atoms with E-state index in [9.17, 15) is 28.0 Å². The van der Waals surface area contributed by atoms with Crippen LogP contribution >= 0.6 is 0 Å². The first-order valence-electron chi connectivity index (χ1n) is 14.6. The van der Waals surface area contributed by atoms with E-state index in [1.807, 2.05) is 0 Å². The summed E-state index contributed by atoms with van der Waals surface area (Å²) in [7, 11) is 4.74. The number of aromatic nitrogens is 8. The number of nitrogens with zero attached hydrogens (tertiary/aromatic N) is 8. The van der Waals surface area contributed by atoms with Crippen LogP contribution in [0.15, 0.2) is 31.8 Å². The van der Waals surface area contributed by atoms with E-state index in [1.165, 1.54) is 36.4 Å². The van der Waals surface area contributed by atoms with Gasteiger partial charge in [-0.25, -0.2) is 28.3 Å². The largest absolute Gasteiger partial charge is 0.332 e. The number of fused-ring (bicyclic) bond motifs is 2. The predicted molar refractivity (Wildman–Crippen MR) is 156 cm³/mol. The minimum absolute atomic E-state index is 0. The zero-order valence-corrected chi connectivity index (χ0v) is 23.4. The second-order valence-corrected chi connectivity index (χ2v) is 9.96. The Kier molecular flexibility index (Phi) is 9.91. The molecular formula is C27H42F2N8O4. The Balaban J connectivity index is 0.000000303. The van der Waals surface area contributed by atoms with Crippen LogP contribution in [0, 0.1) is 0 Å². The fourth-order valence-electron chi connectivity index (χ4n) is 4.45. The molecular weight excluding hydrogens is 538 g/mol. The molecule has 4 rings (SSSR count). The Bertz CT molecular complexity index is 1810. The van der Waals surface area contributed by atoms with Crippen molar-refractivity contribution >= 4 is 22.3 Å². The molecule has 0 aromatic carbocycles. The van der Waals surface area contributed by atoms with Crippen LogP contribution in [0.3, 0.4) is 0 Å². The van der Waals surface area contributed by atoms with Crippen molar-refractivity contribution in [2.24, 2.45) is 28.1 Å². The fraction of sp³-hybridized carbons (Fsp3) is 0.630. The van der Waals surface area contributed by atoms with Crippen molar-refractivity contribution in [3.8, 4) is 0 Å². The standard InChI is InChI=1S/2C13H19FN4O2.CH4/c2*1-9(14)6-4-5-7-18-12(19)10-11(15-8-16(10)2)17(3)13(18)20;/h2*8-9H,4-7H2,1-3H3;1H4/t2*9-;/m00./s1/i2D3;;. The van der Waals surface area contributed by atoms with Gasteiger partial charge in [-0.3, -0.25) is 27.9 Å². The van der Waals surface area contributed by atoms with Gasteiger partial charge >= 0.3 is 11.4 Å². The molecule has 4 heterocycles. The quantitative estimate of drug-likeness (QED) is 0.265. The van der Waals surface area contributed by atoms with Crippen LogP contribution in [-0.4, -0.2) is 49.7 Å². The summed E-state index contributed by atoms with van der Waals surface area (Å²) in [5.74, 6) is 0. The first kappa shape index (κ1) is 28.7. The Hall–Kier alpha value is -3.84. The minimum atomic E-state index is -2.56. The molecule has 0 aliphatic heterocycles. The molecule has 0 unspecified atom stereocenters. The van der Waals surface area contributed by atoms with E-state index in [2.05, 4.69) is 9.97 Å². The van der Waals surface area contributed by atoms with Gasteiger partial charge < -0.3 is 9.13 Å². The lowest BCUT2D eigenvalue weighted by Gasteiger charge is -2.08. The van der Waals surface area contributed by atoms with Gasteiger partial charge in [-0.2, -0.15) is 0 Å². The SMILES string of the molecule is C.C[C@H](F)CCCCn1c(=O)c2c(ncn2C)n(C)c1=O.[2H]C([2H])([2H])n1cnc2c1c(=O)n(CCCC[C@H](C)F)c(=O)n2C. The average molecular weight is 584 g/mol. The summed E-state index contributed by atoms with van der Waals surface area (Å²) in [4.78, 5) is 57.2. The molecule has 0 fully saturated rings. The average Bonchev–Trinajstić information content (AvgIpc) is 3.54. The number of hydrogen-bond donors (Lipinski definition) is 0. The molecule has 4 aromatic rings. The molecule has 14 heteroatoms. The van der Waals surface area contributed by atoms with Gasteiger partial charge in [-0.05, 0) is 52.4 Å². The fourth-order valence-corrected chi connectivity index (χ4v) is 4.45. The molecule has 4 aromatic heterocycles. The number of alkyl halides is 2. The van der Waals surface area contributed by atoms with Crippen LogP contribution in [0.2, 0.25) is 0 Å². The lowest BCUT2D eigenvalue weighted by atomic mass is 10.2. The van der Waals surface area contributed by atoms with E-state index in [0.717, 1.165) is 20.0 Å². The first-order chi connectivity index (χ1) is 20.1. The van der Waals surface area contributed by atoms with Gasteiger partial charge in [0, 0.05) is 45.3 Å². The van der Waals surface area contributed by atoms with Crippen LogP contribution in [0.25, 0.3) is 22.3 Å². The molecule has 0 bridgehead atoms. The van der Waals surface area contributed by atoms with E-state index in [-0.39, 0.29) is 36.4 Å². The van der Waals surface area contributed by atoms with Crippen LogP contribution in [0.1, 0.15) is 63.9 Å². The van der Waals surface area contributed by atoms with Gasteiger partial charge in [0.05, 0.1) is 25.0 Å². The third kappa shape index (κ3) is 7.27. The molecule has 228 valence electrons. The van der Waals surface area contributed by atoms with E-state index >= 15 is 0 Å². The molecule has 0 saturated carbocycles. The number of unbranched alkanes of at least 4 members (excludes halogenated alkanes) is 2. The Morgan fingerprint density at radius 1 is 0.732 bits per heavy atom. The number of aryl methyl sites for hydroxylation is 4. The predicted octanol–water partition coefficient (Wildman–Crippen LogP) is 2.56. The Labute approximate surface area is 240 Å². The molecule has 0 amide bonds. The van der Waals surface area contributed by atoms with Crippen molar-refractivity contribution in [1.82, 2.24) is 37.4 Å². The van der Waals surface area contributed by atoms with Crippen molar-refractivity contribution in [2.45, 2.75) is 85.2 Å².